The minimum absolute atomic E-state index is 0.0315. The normalized spacial score (nSPS) is 36.8. The second-order valence-corrected chi connectivity index (χ2v) is 8.80. The van der Waals surface area contributed by atoms with Crippen LogP contribution in [0.5, 0.6) is 0 Å². The maximum atomic E-state index is 12.5. The van der Waals surface area contributed by atoms with Gasteiger partial charge in [-0.1, -0.05) is 40.2 Å². The average molecular weight is 419 g/mol. The molecule has 2 saturated carbocycles. The molecular formula is C21H23BrO4. The van der Waals surface area contributed by atoms with E-state index in [0.29, 0.717) is 5.92 Å². The highest BCUT2D eigenvalue weighted by Crippen LogP contribution is 2.58. The topological polar surface area (TPSA) is 44.8 Å². The molecule has 1 aromatic rings. The van der Waals surface area contributed by atoms with E-state index in [2.05, 4.69) is 40.2 Å². The molecule has 1 spiro atoms. The van der Waals surface area contributed by atoms with Crippen LogP contribution in [0.15, 0.2) is 40.4 Å². The average Bonchev–Trinajstić information content (AvgIpc) is 3.34. The van der Waals surface area contributed by atoms with E-state index in [4.69, 9.17) is 14.2 Å². The smallest absolute Gasteiger partial charge is 0.333 e. The maximum Gasteiger partial charge on any atom is 0.333 e. The third-order valence-corrected chi connectivity index (χ3v) is 7.36. The van der Waals surface area contributed by atoms with Gasteiger partial charge in [-0.3, -0.25) is 0 Å². The summed E-state index contributed by atoms with van der Waals surface area (Å²) < 4.78 is 19.3. The Balaban J connectivity index is 1.57. The minimum Gasteiger partial charge on any atom is -0.466 e. The first-order valence-electron chi connectivity index (χ1n) is 9.52. The standard InChI is InChI=1S/C21H23BrO4/c1-24-20(23)16-10-13(12-6-2-3-7-17(12)22)14-11-15(16)19-18(14)25-21(26-19)8-4-5-9-21/h2-3,6-7,10,13-15,18-19H,4-5,8-9,11H2,1H3/t13-,14-,15+,18-,19+/m1/s1. The third kappa shape index (κ3) is 2.44. The number of carbonyl (C=O) groups excluding carboxylic acids is 1. The van der Waals surface area contributed by atoms with E-state index < -0.39 is 5.79 Å². The van der Waals surface area contributed by atoms with Crippen LogP contribution in [0.2, 0.25) is 0 Å². The predicted molar refractivity (Wildman–Crippen MR) is 99.5 cm³/mol. The zero-order chi connectivity index (χ0) is 17.9. The molecule has 1 aliphatic heterocycles. The van der Waals surface area contributed by atoms with E-state index in [9.17, 15) is 4.79 Å². The van der Waals surface area contributed by atoms with Crippen molar-refractivity contribution in [1.82, 2.24) is 0 Å². The van der Waals surface area contributed by atoms with Crippen LogP contribution in [0.25, 0.3) is 0 Å². The SMILES string of the molecule is COC(=O)C1=C[C@H](c2ccccc2Br)[C@H]2C[C@@H]1[C@@H]1OC3(CCCC3)O[C@H]21. The van der Waals surface area contributed by atoms with Gasteiger partial charge in [0.2, 0.25) is 0 Å². The number of carbonyl (C=O) groups is 1. The molecule has 0 aromatic heterocycles. The van der Waals surface area contributed by atoms with Gasteiger partial charge in [-0.05, 0) is 36.8 Å². The Labute approximate surface area is 162 Å². The van der Waals surface area contributed by atoms with Gasteiger partial charge in [0.1, 0.15) is 0 Å². The second kappa shape index (κ2) is 6.18. The van der Waals surface area contributed by atoms with E-state index in [-0.39, 0.29) is 30.0 Å². The van der Waals surface area contributed by atoms with Gasteiger partial charge >= 0.3 is 5.97 Å². The number of ether oxygens (including phenoxy) is 3. The largest absolute Gasteiger partial charge is 0.466 e. The van der Waals surface area contributed by atoms with Crippen LogP contribution in [0.3, 0.4) is 0 Å². The fraction of sp³-hybridized carbons (Fsp3) is 0.571. The Morgan fingerprint density at radius 1 is 1.19 bits per heavy atom. The van der Waals surface area contributed by atoms with Crippen LogP contribution in [0.4, 0.5) is 0 Å². The highest BCUT2D eigenvalue weighted by atomic mass is 79.9. The van der Waals surface area contributed by atoms with E-state index >= 15 is 0 Å². The van der Waals surface area contributed by atoms with Crippen molar-refractivity contribution >= 4 is 21.9 Å². The number of fused-ring (bicyclic) bond motifs is 5. The summed E-state index contributed by atoms with van der Waals surface area (Å²) in [4.78, 5) is 12.5. The number of hydrogen-bond donors (Lipinski definition) is 0. The number of methoxy groups -OCH3 is 1. The fourth-order valence-electron chi connectivity index (χ4n) is 5.51. The number of allylic oxidation sites excluding steroid dienone is 1. The van der Waals surface area contributed by atoms with Gasteiger partial charge in [0, 0.05) is 34.7 Å². The summed E-state index contributed by atoms with van der Waals surface area (Å²) in [5.41, 5.74) is 1.96. The summed E-state index contributed by atoms with van der Waals surface area (Å²) >= 11 is 3.69. The van der Waals surface area contributed by atoms with Gasteiger partial charge in [0.05, 0.1) is 19.3 Å². The van der Waals surface area contributed by atoms with Crippen LogP contribution in [0, 0.1) is 11.8 Å². The molecule has 5 heteroatoms. The summed E-state index contributed by atoms with van der Waals surface area (Å²) in [6.07, 6.45) is 7.29. The van der Waals surface area contributed by atoms with Crippen LogP contribution >= 0.6 is 15.9 Å². The fourth-order valence-corrected chi connectivity index (χ4v) is 6.06. The van der Waals surface area contributed by atoms with Gasteiger partial charge in [-0.25, -0.2) is 4.79 Å². The summed E-state index contributed by atoms with van der Waals surface area (Å²) in [6.45, 7) is 0. The first-order chi connectivity index (χ1) is 12.6. The minimum atomic E-state index is -0.413. The van der Waals surface area contributed by atoms with Crippen molar-refractivity contribution in [2.45, 2.75) is 56.0 Å². The van der Waals surface area contributed by atoms with E-state index in [1.165, 1.54) is 12.7 Å². The summed E-state index contributed by atoms with van der Waals surface area (Å²) in [5, 5.41) is 0. The summed E-state index contributed by atoms with van der Waals surface area (Å²) in [5.74, 6) is -0.107. The monoisotopic (exact) mass is 418 g/mol. The van der Waals surface area contributed by atoms with E-state index in [0.717, 1.165) is 42.1 Å². The van der Waals surface area contributed by atoms with Crippen LogP contribution in [-0.2, 0) is 19.0 Å². The van der Waals surface area contributed by atoms with Gasteiger partial charge in [0.15, 0.2) is 5.79 Å². The van der Waals surface area contributed by atoms with E-state index in [1.807, 2.05) is 6.07 Å². The Bertz CT molecular complexity index is 767. The zero-order valence-corrected chi connectivity index (χ0v) is 16.4. The molecular weight excluding hydrogens is 396 g/mol. The Hall–Kier alpha value is -1.17. The Kier molecular flexibility index (Phi) is 4.03. The predicted octanol–water partition coefficient (Wildman–Crippen LogP) is 4.34. The third-order valence-electron chi connectivity index (χ3n) is 6.64. The van der Waals surface area contributed by atoms with Crippen molar-refractivity contribution in [3.05, 3.63) is 46.0 Å². The number of benzene rings is 1. The molecule has 0 amide bonds. The van der Waals surface area contributed by atoms with Crippen molar-refractivity contribution < 1.29 is 19.0 Å². The molecule has 1 aromatic carbocycles. The van der Waals surface area contributed by atoms with Gasteiger partial charge < -0.3 is 14.2 Å². The van der Waals surface area contributed by atoms with Gasteiger partial charge in [-0.2, -0.15) is 0 Å². The summed E-state index contributed by atoms with van der Waals surface area (Å²) in [6, 6.07) is 8.26. The van der Waals surface area contributed by atoms with Crippen molar-refractivity contribution in [1.29, 1.82) is 0 Å². The Morgan fingerprint density at radius 3 is 2.65 bits per heavy atom. The molecule has 4 nitrogen and oxygen atoms in total. The quantitative estimate of drug-likeness (QED) is 0.670. The first kappa shape index (κ1) is 17.0. The van der Waals surface area contributed by atoms with Crippen molar-refractivity contribution in [2.24, 2.45) is 11.8 Å². The van der Waals surface area contributed by atoms with Crippen LogP contribution < -0.4 is 0 Å². The second-order valence-electron chi connectivity index (χ2n) is 7.95. The lowest BCUT2D eigenvalue weighted by Crippen LogP contribution is -2.33. The molecule has 5 atom stereocenters. The van der Waals surface area contributed by atoms with Crippen molar-refractivity contribution in [3.63, 3.8) is 0 Å². The van der Waals surface area contributed by atoms with Crippen LogP contribution in [-0.4, -0.2) is 31.1 Å². The molecule has 5 rings (SSSR count). The van der Waals surface area contributed by atoms with Gasteiger partial charge in [-0.15, -0.1) is 0 Å². The lowest BCUT2D eigenvalue weighted by molar-refractivity contribution is -0.183. The molecule has 26 heavy (non-hydrogen) atoms. The van der Waals surface area contributed by atoms with Crippen LogP contribution in [0.1, 0.15) is 43.6 Å². The zero-order valence-electron chi connectivity index (χ0n) is 14.8. The lowest BCUT2D eigenvalue weighted by atomic mass is 9.77. The number of hydrogen-bond acceptors (Lipinski definition) is 4. The van der Waals surface area contributed by atoms with Gasteiger partial charge in [0.25, 0.3) is 0 Å². The molecule has 1 saturated heterocycles. The number of halogens is 1. The highest BCUT2D eigenvalue weighted by Gasteiger charge is 2.61. The first-order valence-corrected chi connectivity index (χ1v) is 10.3. The molecule has 3 aliphatic carbocycles. The van der Waals surface area contributed by atoms with E-state index in [1.54, 1.807) is 0 Å². The molecule has 138 valence electrons. The highest BCUT2D eigenvalue weighted by molar-refractivity contribution is 9.10. The number of esters is 1. The molecule has 0 N–H and O–H groups in total. The molecule has 1 heterocycles. The summed E-state index contributed by atoms with van der Waals surface area (Å²) in [7, 11) is 1.46. The van der Waals surface area contributed by atoms with Crippen molar-refractivity contribution in [2.75, 3.05) is 7.11 Å². The Morgan fingerprint density at radius 2 is 1.92 bits per heavy atom. The maximum absolute atomic E-state index is 12.5. The molecule has 0 unspecified atom stereocenters. The molecule has 0 radical (unpaired) electrons. The molecule has 3 fully saturated rings. The lowest BCUT2D eigenvalue weighted by Gasteiger charge is -2.33. The number of rotatable bonds is 2. The molecule has 2 bridgehead atoms. The van der Waals surface area contributed by atoms with Crippen molar-refractivity contribution in [3.8, 4) is 0 Å². The molecule has 4 aliphatic rings.